The van der Waals surface area contributed by atoms with Gasteiger partial charge in [0, 0.05) is 77.3 Å². The van der Waals surface area contributed by atoms with Crippen LogP contribution in [0.25, 0.3) is 0 Å². The number of hydrogen-bond acceptors (Lipinski definition) is 10. The number of hydrogen-bond donors (Lipinski definition) is 6. The second-order valence-corrected chi connectivity index (χ2v) is 20.7. The molecule has 2 aliphatic heterocycles. The molecule has 2 heterocycles. The molecule has 0 unspecified atom stereocenters. The summed E-state index contributed by atoms with van der Waals surface area (Å²) in [5, 5.41) is 16.7. The van der Waals surface area contributed by atoms with Crippen LogP contribution >= 0.6 is 0 Å². The lowest BCUT2D eigenvalue weighted by Crippen LogP contribution is -2.55. The Labute approximate surface area is 465 Å². The van der Waals surface area contributed by atoms with Crippen LogP contribution in [0.5, 0.6) is 0 Å². The van der Waals surface area contributed by atoms with E-state index in [0.29, 0.717) is 51.6 Å². The molecule has 0 bridgehead atoms. The monoisotopic (exact) mass is 1140 g/mol. The van der Waals surface area contributed by atoms with Crippen molar-refractivity contribution in [2.75, 3.05) is 66.5 Å². The van der Waals surface area contributed by atoms with Gasteiger partial charge in [-0.15, -0.1) is 0 Å². The number of likely N-dealkylation sites (tertiary alicyclic amines) is 2. The van der Waals surface area contributed by atoms with Crippen molar-refractivity contribution < 1.29 is 64.7 Å². The molecule has 80 heavy (non-hydrogen) atoms. The molecular weight excluding hydrogens is 1050 g/mol. The molecule has 2 saturated heterocycles. The summed E-state index contributed by atoms with van der Waals surface area (Å²) >= 11 is 0. The smallest absolute Gasteiger partial charge is 0.356 e. The molecule has 24 heteroatoms. The van der Waals surface area contributed by atoms with Gasteiger partial charge in [-0.2, -0.15) is 26.3 Å². The quantitative estimate of drug-likeness (QED) is 0.0433. The third-order valence-electron chi connectivity index (χ3n) is 14.7. The first-order valence-corrected chi connectivity index (χ1v) is 27.9. The maximum atomic E-state index is 14.0. The largest absolute Gasteiger partial charge is 0.471 e. The summed E-state index contributed by atoms with van der Waals surface area (Å²) in [5.41, 5.74) is 1.50. The summed E-state index contributed by atoms with van der Waals surface area (Å²) in [7, 11) is 3.13. The summed E-state index contributed by atoms with van der Waals surface area (Å²) in [5.74, 6) is -6.76. The highest BCUT2D eigenvalue weighted by molar-refractivity contribution is 5.92. The molecule has 0 aliphatic carbocycles. The van der Waals surface area contributed by atoms with E-state index in [9.17, 15) is 64.7 Å². The summed E-state index contributed by atoms with van der Waals surface area (Å²) in [6.45, 7) is 3.20. The molecule has 6 N–H and O–H groups in total. The number of carbonyl (C=O) groups is 8. The van der Waals surface area contributed by atoms with Gasteiger partial charge in [0.15, 0.2) is 0 Å². The Hall–Kier alpha value is -6.30. The van der Waals surface area contributed by atoms with Gasteiger partial charge in [0.25, 0.3) is 0 Å². The predicted molar refractivity (Wildman–Crippen MR) is 288 cm³/mol. The molecular formula is C56H82F6N10O8. The molecule has 2 aliphatic rings. The number of amides is 8. The average Bonchev–Trinajstić information content (AvgIpc) is 4.12. The van der Waals surface area contributed by atoms with E-state index >= 15 is 0 Å². The summed E-state index contributed by atoms with van der Waals surface area (Å²) in [6.07, 6.45) is -3.99. The molecule has 2 aromatic carbocycles. The van der Waals surface area contributed by atoms with Gasteiger partial charge < -0.3 is 51.5 Å². The maximum Gasteiger partial charge on any atom is 0.471 e. The first-order chi connectivity index (χ1) is 38.0. The van der Waals surface area contributed by atoms with Crippen LogP contribution in [0.4, 0.5) is 26.3 Å². The van der Waals surface area contributed by atoms with Crippen LogP contribution in [0.1, 0.15) is 115 Å². The number of nitrogens with zero attached hydrogens (tertiary/aromatic N) is 4. The Balaban J connectivity index is 1.19. The fourth-order valence-electron chi connectivity index (χ4n) is 9.78. The van der Waals surface area contributed by atoms with E-state index in [1.165, 1.54) is 9.80 Å². The average molecular weight is 1140 g/mol. The van der Waals surface area contributed by atoms with Gasteiger partial charge >= 0.3 is 24.2 Å². The number of halogens is 6. The molecule has 8 amide bonds. The zero-order valence-electron chi connectivity index (χ0n) is 46.5. The third kappa shape index (κ3) is 22.3. The standard InChI is InChI=1S/C56H82F6N10O8/c1-39(63-3)49(75)67-45(51(77)71-33-17-23-43(71)37-69(53(79)55(57,58)59)35-29-41-19-11-9-12-20-41)25-27-47(73)65-31-15-7-5-6-8-16-32-66-48(74)28-26-46(68-50(76)40(2)64-4)52(78)72-34-18-24-44(72)38-70(54(80)56(60,61)62)36-30-42-21-13-10-14-22-42/h9-14,19-22,39-40,43-46,63-64H,5-8,15-18,23-38H2,1-4H3,(H,65,73)(H,66,74)(H,67,75)(H,68,76)/t39-,40+,43-,44-,45-,46-/m0/s1. The normalized spacial score (nSPS) is 17.0. The van der Waals surface area contributed by atoms with Crippen molar-refractivity contribution in [3.8, 4) is 0 Å². The zero-order chi connectivity index (χ0) is 58.8. The Kier molecular flexibility index (Phi) is 27.7. The van der Waals surface area contributed by atoms with Gasteiger partial charge in [0.2, 0.25) is 35.4 Å². The molecule has 6 atom stereocenters. The molecule has 2 aromatic rings. The van der Waals surface area contributed by atoms with Crippen LogP contribution in [0.3, 0.4) is 0 Å². The minimum atomic E-state index is -5.12. The first-order valence-electron chi connectivity index (χ1n) is 27.9. The number of carbonyl (C=O) groups excluding carboxylic acids is 8. The number of benzene rings is 2. The molecule has 446 valence electrons. The van der Waals surface area contributed by atoms with Crippen LogP contribution in [0, 0.1) is 0 Å². The molecule has 0 aromatic heterocycles. The van der Waals surface area contributed by atoms with Gasteiger partial charge in [-0.3, -0.25) is 38.4 Å². The highest BCUT2D eigenvalue weighted by atomic mass is 19.4. The van der Waals surface area contributed by atoms with E-state index in [1.807, 2.05) is 0 Å². The molecule has 0 spiro atoms. The highest BCUT2D eigenvalue weighted by Gasteiger charge is 2.46. The van der Waals surface area contributed by atoms with E-state index in [2.05, 4.69) is 31.9 Å². The van der Waals surface area contributed by atoms with E-state index in [4.69, 9.17) is 0 Å². The fourth-order valence-corrected chi connectivity index (χ4v) is 9.78. The van der Waals surface area contributed by atoms with Crippen LogP contribution < -0.4 is 31.9 Å². The fraction of sp³-hybridized carbons (Fsp3) is 0.643. The van der Waals surface area contributed by atoms with Gasteiger partial charge in [0.05, 0.1) is 12.1 Å². The Morgan fingerprint density at radius 2 is 0.900 bits per heavy atom. The van der Waals surface area contributed by atoms with Crippen LogP contribution in [-0.2, 0) is 51.2 Å². The van der Waals surface area contributed by atoms with Crippen molar-refractivity contribution in [3.63, 3.8) is 0 Å². The predicted octanol–water partition coefficient (Wildman–Crippen LogP) is 4.55. The number of rotatable bonds is 33. The molecule has 0 radical (unpaired) electrons. The van der Waals surface area contributed by atoms with Crippen LogP contribution in [0.15, 0.2) is 60.7 Å². The number of alkyl halides is 6. The van der Waals surface area contributed by atoms with E-state index < -0.39 is 84.0 Å². The van der Waals surface area contributed by atoms with Gasteiger partial charge in [-0.25, -0.2) is 0 Å². The van der Waals surface area contributed by atoms with Crippen molar-refractivity contribution in [1.29, 1.82) is 0 Å². The van der Waals surface area contributed by atoms with E-state index in [0.717, 1.165) is 46.6 Å². The Morgan fingerprint density at radius 3 is 1.24 bits per heavy atom. The van der Waals surface area contributed by atoms with Gasteiger partial charge in [-0.05, 0) is 103 Å². The number of unbranched alkanes of at least 4 members (excludes halogenated alkanes) is 5. The first kappa shape index (κ1) is 66.2. The lowest BCUT2D eigenvalue weighted by atomic mass is 10.1. The topological polar surface area (TPSA) is 222 Å². The van der Waals surface area contributed by atoms with Crippen molar-refractivity contribution in [2.24, 2.45) is 0 Å². The second-order valence-electron chi connectivity index (χ2n) is 20.7. The third-order valence-corrected chi connectivity index (χ3v) is 14.7. The Bertz CT molecular complexity index is 2140. The molecule has 0 saturated carbocycles. The highest BCUT2D eigenvalue weighted by Crippen LogP contribution is 2.27. The minimum absolute atomic E-state index is 0.0632. The van der Waals surface area contributed by atoms with Crippen molar-refractivity contribution in [2.45, 2.75) is 165 Å². The SMILES string of the molecule is CN[C@@H](C)C(=O)N[C@@H](CCC(=O)NCCCCCCCCNC(=O)CC[C@H](NC(=O)[C@@H](C)NC)C(=O)N1CCC[C@H]1CN(CCc1ccccc1)C(=O)C(F)(F)F)C(=O)N1CCC[C@H]1CN(CCc1ccccc1)C(=O)C(F)(F)F. The molecule has 18 nitrogen and oxygen atoms in total. The maximum absolute atomic E-state index is 14.0. The zero-order valence-corrected chi connectivity index (χ0v) is 46.5. The lowest BCUT2D eigenvalue weighted by Gasteiger charge is -2.33. The Morgan fingerprint density at radius 1 is 0.550 bits per heavy atom. The molecule has 4 rings (SSSR count). The van der Waals surface area contributed by atoms with E-state index in [1.54, 1.807) is 88.6 Å². The van der Waals surface area contributed by atoms with Gasteiger partial charge in [-0.1, -0.05) is 86.3 Å². The van der Waals surface area contributed by atoms with Crippen LogP contribution in [0.2, 0.25) is 0 Å². The molecule has 2 fully saturated rings. The van der Waals surface area contributed by atoms with Crippen molar-refractivity contribution >= 4 is 47.3 Å². The minimum Gasteiger partial charge on any atom is -0.356 e. The summed E-state index contributed by atoms with van der Waals surface area (Å²) < 4.78 is 82.5. The van der Waals surface area contributed by atoms with Crippen molar-refractivity contribution in [3.05, 3.63) is 71.8 Å². The number of likely N-dealkylation sites (N-methyl/N-ethyl adjacent to an activating group) is 2. The summed E-state index contributed by atoms with van der Waals surface area (Å²) in [6, 6.07) is 12.4. The van der Waals surface area contributed by atoms with Crippen LogP contribution in [-0.4, -0.2) is 182 Å². The summed E-state index contributed by atoms with van der Waals surface area (Å²) in [4.78, 5) is 109. The lowest BCUT2D eigenvalue weighted by molar-refractivity contribution is -0.186. The van der Waals surface area contributed by atoms with Crippen molar-refractivity contribution in [1.82, 2.24) is 51.5 Å². The van der Waals surface area contributed by atoms with Gasteiger partial charge in [0.1, 0.15) is 12.1 Å². The number of nitrogens with one attached hydrogen (secondary N) is 6. The van der Waals surface area contributed by atoms with E-state index in [-0.39, 0.29) is 89.6 Å². The second kappa shape index (κ2) is 33.5.